The maximum absolute atomic E-state index is 2.47. The van der Waals surface area contributed by atoms with Crippen LogP contribution in [-0.4, -0.2) is 13.1 Å². The predicted molar refractivity (Wildman–Crippen MR) is 302 cm³/mol. The minimum Gasteiger partial charge on any atom is -0.309 e. The van der Waals surface area contributed by atoms with E-state index in [9.17, 15) is 0 Å². The summed E-state index contributed by atoms with van der Waals surface area (Å²) >= 11 is 1.78. The van der Waals surface area contributed by atoms with Crippen LogP contribution < -0.4 is 0 Å². The SMILES string of the molecule is Cc1ccc(Sn2c3ccc(-n4c5ccc(-c6ccccc6)cc5c5cc(-c6ccccc6)ccc54)cc3c3cc(-n4c5ccc(-c6ccccc6)cc5c5cc(-c6ccccc6)ccc54)ccc32)cc1. The van der Waals surface area contributed by atoms with Crippen molar-refractivity contribution in [2.45, 2.75) is 11.8 Å². The Balaban J connectivity index is 1.00. The fourth-order valence-corrected chi connectivity index (χ4v) is 11.9. The van der Waals surface area contributed by atoms with Gasteiger partial charge >= 0.3 is 0 Å². The second kappa shape index (κ2) is 16.7. The van der Waals surface area contributed by atoms with Gasteiger partial charge in [-0.1, -0.05) is 163 Å². The van der Waals surface area contributed by atoms with Crippen molar-refractivity contribution in [1.29, 1.82) is 0 Å². The number of aromatic nitrogens is 3. The molecule has 0 amide bonds. The molecule has 0 saturated carbocycles. The van der Waals surface area contributed by atoms with Crippen molar-refractivity contribution in [1.82, 2.24) is 13.1 Å². The molecule has 0 spiro atoms. The zero-order valence-electron chi connectivity index (χ0n) is 39.0. The standard InChI is InChI=1S/C67H45N3S/c1-44-22-30-55(31-23-44)71-70-66-36-28-53(68-62-32-24-49(45-14-6-2-7-15-45)38-56(62)57-39-50(25-33-63(57)68)46-16-8-3-9-17-46)42-60(66)61-43-54(29-37-67(61)70)69-64-34-26-51(47-18-10-4-11-19-47)40-58(64)59-41-52(27-35-65(59)69)48-20-12-5-13-21-48/h2-43H,1H3. The Morgan fingerprint density at radius 2 is 0.549 bits per heavy atom. The Bertz CT molecular complexity index is 3890. The first-order chi connectivity index (χ1) is 35.1. The normalized spacial score (nSPS) is 11.8. The molecule has 3 aromatic heterocycles. The third-order valence-corrected chi connectivity index (χ3v) is 15.4. The fraction of sp³-hybridized carbons (Fsp3) is 0.0149. The van der Waals surface area contributed by atoms with Gasteiger partial charge in [0.15, 0.2) is 0 Å². The van der Waals surface area contributed by atoms with Gasteiger partial charge in [-0.05, 0) is 160 Å². The van der Waals surface area contributed by atoms with Gasteiger partial charge in [-0.15, -0.1) is 0 Å². The van der Waals surface area contributed by atoms with E-state index in [4.69, 9.17) is 0 Å². The molecule has 0 N–H and O–H groups in total. The summed E-state index contributed by atoms with van der Waals surface area (Å²) in [6.45, 7) is 2.15. The molecular formula is C67H45N3S. The van der Waals surface area contributed by atoms with Crippen molar-refractivity contribution in [2.24, 2.45) is 0 Å². The lowest BCUT2D eigenvalue weighted by Gasteiger charge is -2.11. The second-order valence-corrected chi connectivity index (χ2v) is 19.7. The lowest BCUT2D eigenvalue weighted by Crippen LogP contribution is -1.94. The number of fused-ring (bicyclic) bond motifs is 9. The smallest absolute Gasteiger partial charge is 0.0609 e. The van der Waals surface area contributed by atoms with E-state index in [1.54, 1.807) is 11.9 Å². The molecule has 0 unspecified atom stereocenters. The van der Waals surface area contributed by atoms with Crippen LogP contribution in [0.15, 0.2) is 260 Å². The van der Waals surface area contributed by atoms with Crippen LogP contribution in [0.25, 0.3) is 121 Å². The van der Waals surface area contributed by atoms with Gasteiger partial charge in [0.05, 0.1) is 33.1 Å². The van der Waals surface area contributed by atoms with Crippen LogP contribution in [0.2, 0.25) is 0 Å². The molecule has 11 aromatic carbocycles. The first kappa shape index (κ1) is 41.2. The van der Waals surface area contributed by atoms with Gasteiger partial charge in [-0.25, -0.2) is 0 Å². The minimum absolute atomic E-state index is 1.13. The van der Waals surface area contributed by atoms with Crippen LogP contribution >= 0.6 is 11.9 Å². The highest BCUT2D eigenvalue weighted by molar-refractivity contribution is 7.98. The van der Waals surface area contributed by atoms with E-state index in [2.05, 4.69) is 275 Å². The van der Waals surface area contributed by atoms with Crippen molar-refractivity contribution in [3.05, 3.63) is 260 Å². The number of hydrogen-bond acceptors (Lipinski definition) is 1. The summed E-state index contributed by atoms with van der Waals surface area (Å²) in [5.41, 5.74) is 20.2. The number of rotatable bonds is 8. The molecule has 334 valence electrons. The molecule has 0 radical (unpaired) electrons. The summed E-state index contributed by atoms with van der Waals surface area (Å²) < 4.78 is 7.36. The minimum atomic E-state index is 1.13. The molecule has 0 fully saturated rings. The van der Waals surface area contributed by atoms with Crippen LogP contribution in [0.5, 0.6) is 0 Å². The number of nitrogens with zero attached hydrogens (tertiary/aromatic N) is 3. The molecule has 14 aromatic rings. The second-order valence-electron chi connectivity index (χ2n) is 18.7. The molecule has 0 aliphatic heterocycles. The summed E-state index contributed by atoms with van der Waals surface area (Å²) in [7, 11) is 0. The fourth-order valence-electron chi connectivity index (χ4n) is 10.9. The van der Waals surface area contributed by atoms with Crippen molar-refractivity contribution in [3.63, 3.8) is 0 Å². The summed E-state index contributed by atoms with van der Waals surface area (Å²) in [6.07, 6.45) is 0. The van der Waals surface area contributed by atoms with Gasteiger partial charge in [0, 0.05) is 48.6 Å². The third-order valence-electron chi connectivity index (χ3n) is 14.4. The summed E-state index contributed by atoms with van der Waals surface area (Å²) in [5.74, 6) is 0. The maximum Gasteiger partial charge on any atom is 0.0609 e. The molecular weight excluding hydrogens is 879 g/mol. The number of benzene rings is 11. The quantitative estimate of drug-likeness (QED) is 0.148. The summed E-state index contributed by atoms with van der Waals surface area (Å²) in [4.78, 5) is 1.19. The molecule has 3 nitrogen and oxygen atoms in total. The number of hydrogen-bond donors (Lipinski definition) is 0. The van der Waals surface area contributed by atoms with E-state index in [0.717, 1.165) is 11.4 Å². The summed E-state index contributed by atoms with van der Waals surface area (Å²) in [5, 5.41) is 7.34. The van der Waals surface area contributed by atoms with Gasteiger partial charge in [0.1, 0.15) is 0 Å². The largest absolute Gasteiger partial charge is 0.309 e. The van der Waals surface area contributed by atoms with Crippen LogP contribution in [0.3, 0.4) is 0 Å². The monoisotopic (exact) mass is 923 g/mol. The highest BCUT2D eigenvalue weighted by atomic mass is 32.2. The van der Waals surface area contributed by atoms with Crippen molar-refractivity contribution < 1.29 is 0 Å². The van der Waals surface area contributed by atoms with E-state index in [0.29, 0.717) is 0 Å². The lowest BCUT2D eigenvalue weighted by molar-refractivity contribution is 1.18. The Labute approximate surface area is 416 Å². The lowest BCUT2D eigenvalue weighted by atomic mass is 10.0. The molecule has 0 aliphatic carbocycles. The molecule has 0 saturated heterocycles. The molecule has 14 rings (SSSR count). The predicted octanol–water partition coefficient (Wildman–Crippen LogP) is 18.5. The Morgan fingerprint density at radius 1 is 0.254 bits per heavy atom. The Morgan fingerprint density at radius 3 is 0.873 bits per heavy atom. The Kier molecular flexibility index (Phi) is 9.68. The number of aryl methyl sites for hydroxylation is 1. The average Bonchev–Trinajstić information content (AvgIpc) is 4.06. The van der Waals surface area contributed by atoms with Gasteiger partial charge in [0.2, 0.25) is 0 Å². The first-order valence-corrected chi connectivity index (χ1v) is 25.1. The van der Waals surface area contributed by atoms with Crippen LogP contribution in [0, 0.1) is 6.92 Å². The molecule has 0 aliphatic rings. The van der Waals surface area contributed by atoms with Crippen LogP contribution in [0.1, 0.15) is 5.56 Å². The molecule has 0 atom stereocenters. The van der Waals surface area contributed by atoms with E-state index in [1.807, 2.05) is 0 Å². The van der Waals surface area contributed by atoms with Gasteiger partial charge in [-0.3, -0.25) is 3.97 Å². The van der Waals surface area contributed by atoms with Crippen molar-refractivity contribution in [2.75, 3.05) is 0 Å². The maximum atomic E-state index is 2.47. The van der Waals surface area contributed by atoms with Crippen LogP contribution in [0.4, 0.5) is 0 Å². The molecule has 3 heterocycles. The molecule has 4 heteroatoms. The molecule has 71 heavy (non-hydrogen) atoms. The van der Waals surface area contributed by atoms with Crippen molar-refractivity contribution in [3.8, 4) is 55.9 Å². The van der Waals surface area contributed by atoms with Gasteiger partial charge < -0.3 is 9.13 Å². The highest BCUT2D eigenvalue weighted by Gasteiger charge is 2.21. The zero-order chi connectivity index (χ0) is 47.0. The van der Waals surface area contributed by atoms with Gasteiger partial charge in [-0.2, -0.15) is 0 Å². The van der Waals surface area contributed by atoms with E-state index in [1.165, 1.54) is 120 Å². The third kappa shape index (κ3) is 6.98. The van der Waals surface area contributed by atoms with E-state index in [-0.39, 0.29) is 0 Å². The first-order valence-electron chi connectivity index (χ1n) is 24.3. The average molecular weight is 924 g/mol. The van der Waals surface area contributed by atoms with E-state index >= 15 is 0 Å². The highest BCUT2D eigenvalue weighted by Crippen LogP contribution is 2.43. The molecule has 0 bridgehead atoms. The van der Waals surface area contributed by atoms with E-state index < -0.39 is 0 Å². The van der Waals surface area contributed by atoms with Crippen molar-refractivity contribution >= 4 is 77.4 Å². The Hall–Kier alpha value is -8.83. The van der Waals surface area contributed by atoms with Gasteiger partial charge in [0.25, 0.3) is 0 Å². The van der Waals surface area contributed by atoms with Crippen LogP contribution in [-0.2, 0) is 0 Å². The zero-order valence-corrected chi connectivity index (χ0v) is 39.8. The topological polar surface area (TPSA) is 14.8 Å². The summed E-state index contributed by atoms with van der Waals surface area (Å²) in [6, 6.07) is 93.8.